The van der Waals surface area contributed by atoms with E-state index in [-0.39, 0.29) is 11.7 Å². The number of nitrogens with two attached hydrogens (primary N) is 1. The van der Waals surface area contributed by atoms with Crippen LogP contribution in [0, 0.1) is 5.82 Å². The number of ether oxygens (including phenoxy) is 1. The van der Waals surface area contributed by atoms with Gasteiger partial charge in [0.05, 0.1) is 7.11 Å². The van der Waals surface area contributed by atoms with Gasteiger partial charge in [0, 0.05) is 23.0 Å². The molecule has 98 valence electrons. The zero-order chi connectivity index (χ0) is 13.8. The summed E-state index contributed by atoms with van der Waals surface area (Å²) in [4.78, 5) is 12.0. The first-order valence-electron chi connectivity index (χ1n) is 5.60. The predicted octanol–water partition coefficient (Wildman–Crippen LogP) is 2.67. The van der Waals surface area contributed by atoms with E-state index < -0.39 is 0 Å². The highest BCUT2D eigenvalue weighted by atomic mass is 19.1. The van der Waals surface area contributed by atoms with Crippen LogP contribution in [0.25, 0.3) is 0 Å². The Morgan fingerprint density at radius 1 is 1.21 bits per heavy atom. The molecule has 0 aliphatic carbocycles. The van der Waals surface area contributed by atoms with Gasteiger partial charge in [0.15, 0.2) is 0 Å². The summed E-state index contributed by atoms with van der Waals surface area (Å²) in [6.45, 7) is 0. The van der Waals surface area contributed by atoms with Gasteiger partial charge in [-0.25, -0.2) is 4.39 Å². The first-order chi connectivity index (χ1) is 9.08. The minimum Gasteiger partial charge on any atom is -0.497 e. The maximum Gasteiger partial charge on any atom is 0.255 e. The highest BCUT2D eigenvalue weighted by molar-refractivity contribution is 6.05. The van der Waals surface area contributed by atoms with E-state index in [0.717, 1.165) is 0 Å². The number of nitrogen functional groups attached to an aromatic ring is 1. The Labute approximate surface area is 110 Å². The monoisotopic (exact) mass is 260 g/mol. The molecule has 1 amide bonds. The van der Waals surface area contributed by atoms with E-state index in [1.165, 1.54) is 31.4 Å². The minimum atomic E-state index is -0.358. The van der Waals surface area contributed by atoms with Gasteiger partial charge in [-0.1, -0.05) is 0 Å². The van der Waals surface area contributed by atoms with Crippen molar-refractivity contribution in [3.05, 3.63) is 53.8 Å². The Balaban J connectivity index is 2.20. The Morgan fingerprint density at radius 2 is 1.89 bits per heavy atom. The third-order valence-corrected chi connectivity index (χ3v) is 2.53. The molecule has 0 aliphatic rings. The largest absolute Gasteiger partial charge is 0.497 e. The van der Waals surface area contributed by atoms with Crippen molar-refractivity contribution in [3.63, 3.8) is 0 Å². The highest BCUT2D eigenvalue weighted by Crippen LogP contribution is 2.19. The van der Waals surface area contributed by atoms with E-state index in [4.69, 9.17) is 10.5 Å². The summed E-state index contributed by atoms with van der Waals surface area (Å²) in [7, 11) is 1.50. The topological polar surface area (TPSA) is 64.3 Å². The summed E-state index contributed by atoms with van der Waals surface area (Å²) >= 11 is 0. The molecular formula is C14H13FN2O2. The first-order valence-corrected chi connectivity index (χ1v) is 5.60. The summed E-state index contributed by atoms with van der Waals surface area (Å²) in [6.07, 6.45) is 0. The molecule has 0 spiro atoms. The fraction of sp³-hybridized carbons (Fsp3) is 0.0714. The molecule has 0 saturated heterocycles. The molecular weight excluding hydrogens is 247 g/mol. The molecule has 2 aromatic rings. The standard InChI is InChI=1S/C14H13FN2O2/c1-19-13-7-9(6-11(16)8-13)14(18)17-12-4-2-10(15)3-5-12/h2-8H,16H2,1H3,(H,17,18). The zero-order valence-corrected chi connectivity index (χ0v) is 10.3. The second kappa shape index (κ2) is 5.39. The van der Waals surface area contributed by atoms with Crippen molar-refractivity contribution in [1.29, 1.82) is 0 Å². The van der Waals surface area contributed by atoms with Gasteiger partial charge in [-0.3, -0.25) is 4.79 Å². The van der Waals surface area contributed by atoms with Crippen molar-refractivity contribution in [3.8, 4) is 5.75 Å². The second-order valence-electron chi connectivity index (χ2n) is 3.96. The van der Waals surface area contributed by atoms with E-state index in [9.17, 15) is 9.18 Å². The van der Waals surface area contributed by atoms with Gasteiger partial charge in [-0.05, 0) is 36.4 Å². The van der Waals surface area contributed by atoms with Crippen molar-refractivity contribution >= 4 is 17.3 Å². The van der Waals surface area contributed by atoms with Crippen LogP contribution < -0.4 is 15.8 Å². The maximum absolute atomic E-state index is 12.8. The number of nitrogens with one attached hydrogen (secondary N) is 1. The Morgan fingerprint density at radius 3 is 2.53 bits per heavy atom. The molecule has 0 saturated carbocycles. The molecule has 0 aliphatic heterocycles. The van der Waals surface area contributed by atoms with Crippen molar-refractivity contribution in [2.75, 3.05) is 18.2 Å². The molecule has 0 bridgehead atoms. The summed E-state index contributed by atoms with van der Waals surface area (Å²) in [5.41, 5.74) is 6.99. The number of carbonyl (C=O) groups is 1. The van der Waals surface area contributed by atoms with E-state index in [0.29, 0.717) is 22.7 Å². The lowest BCUT2D eigenvalue weighted by atomic mass is 10.1. The number of hydrogen-bond acceptors (Lipinski definition) is 3. The molecule has 4 nitrogen and oxygen atoms in total. The van der Waals surface area contributed by atoms with Crippen LogP contribution in [0.2, 0.25) is 0 Å². The number of benzene rings is 2. The highest BCUT2D eigenvalue weighted by Gasteiger charge is 2.08. The Hall–Kier alpha value is -2.56. The molecule has 0 unspecified atom stereocenters. The van der Waals surface area contributed by atoms with Crippen LogP contribution in [0.4, 0.5) is 15.8 Å². The molecule has 0 fully saturated rings. The van der Waals surface area contributed by atoms with Gasteiger partial charge in [-0.15, -0.1) is 0 Å². The number of hydrogen-bond donors (Lipinski definition) is 2. The molecule has 3 N–H and O–H groups in total. The maximum atomic E-state index is 12.8. The number of amides is 1. The normalized spacial score (nSPS) is 10.0. The average molecular weight is 260 g/mol. The fourth-order valence-electron chi connectivity index (χ4n) is 1.61. The van der Waals surface area contributed by atoms with Crippen LogP contribution >= 0.6 is 0 Å². The SMILES string of the molecule is COc1cc(N)cc(C(=O)Nc2ccc(F)cc2)c1. The van der Waals surface area contributed by atoms with Crippen molar-refractivity contribution in [2.45, 2.75) is 0 Å². The van der Waals surface area contributed by atoms with Crippen LogP contribution in [0.1, 0.15) is 10.4 Å². The van der Waals surface area contributed by atoms with Crippen LogP contribution in [-0.2, 0) is 0 Å². The lowest BCUT2D eigenvalue weighted by Crippen LogP contribution is -2.12. The minimum absolute atomic E-state index is 0.336. The van der Waals surface area contributed by atoms with Crippen molar-refractivity contribution in [1.82, 2.24) is 0 Å². The van der Waals surface area contributed by atoms with Gasteiger partial charge in [0.1, 0.15) is 11.6 Å². The Bertz CT molecular complexity index is 597. The van der Waals surface area contributed by atoms with Gasteiger partial charge < -0.3 is 15.8 Å². The molecule has 2 aromatic carbocycles. The quantitative estimate of drug-likeness (QED) is 0.834. The number of carbonyl (C=O) groups excluding carboxylic acids is 1. The van der Waals surface area contributed by atoms with Gasteiger partial charge in [-0.2, -0.15) is 0 Å². The first kappa shape index (κ1) is 12.9. The van der Waals surface area contributed by atoms with E-state index in [1.54, 1.807) is 18.2 Å². The van der Waals surface area contributed by atoms with E-state index in [2.05, 4.69) is 5.32 Å². The van der Waals surface area contributed by atoms with Gasteiger partial charge in [0.25, 0.3) is 5.91 Å². The number of halogens is 1. The van der Waals surface area contributed by atoms with Crippen molar-refractivity contribution < 1.29 is 13.9 Å². The fourth-order valence-corrected chi connectivity index (χ4v) is 1.61. The molecule has 0 aromatic heterocycles. The lowest BCUT2D eigenvalue weighted by Gasteiger charge is -2.08. The summed E-state index contributed by atoms with van der Waals surface area (Å²) < 4.78 is 17.8. The molecule has 19 heavy (non-hydrogen) atoms. The van der Waals surface area contributed by atoms with Crippen molar-refractivity contribution in [2.24, 2.45) is 0 Å². The van der Waals surface area contributed by atoms with Crippen LogP contribution in [0.15, 0.2) is 42.5 Å². The molecule has 2 rings (SSSR count). The van der Waals surface area contributed by atoms with Crippen LogP contribution in [0.5, 0.6) is 5.75 Å². The average Bonchev–Trinajstić information content (AvgIpc) is 2.40. The molecule has 0 heterocycles. The molecule has 0 atom stereocenters. The summed E-state index contributed by atoms with van der Waals surface area (Å²) in [6, 6.07) is 10.3. The smallest absolute Gasteiger partial charge is 0.255 e. The third-order valence-electron chi connectivity index (χ3n) is 2.53. The molecule has 0 radical (unpaired) electrons. The van der Waals surface area contributed by atoms with Crippen LogP contribution in [0.3, 0.4) is 0 Å². The number of anilines is 2. The third kappa shape index (κ3) is 3.22. The van der Waals surface area contributed by atoms with Gasteiger partial charge >= 0.3 is 0 Å². The van der Waals surface area contributed by atoms with E-state index in [1.807, 2.05) is 0 Å². The van der Waals surface area contributed by atoms with Crippen LogP contribution in [-0.4, -0.2) is 13.0 Å². The molecule has 5 heteroatoms. The zero-order valence-electron chi connectivity index (χ0n) is 10.3. The predicted molar refractivity (Wildman–Crippen MR) is 71.8 cm³/mol. The second-order valence-corrected chi connectivity index (χ2v) is 3.96. The summed E-state index contributed by atoms with van der Waals surface area (Å²) in [5, 5.41) is 2.65. The van der Waals surface area contributed by atoms with E-state index >= 15 is 0 Å². The number of methoxy groups -OCH3 is 1. The van der Waals surface area contributed by atoms with Gasteiger partial charge in [0.2, 0.25) is 0 Å². The number of rotatable bonds is 3. The Kier molecular flexibility index (Phi) is 3.66. The summed E-state index contributed by atoms with van der Waals surface area (Å²) in [5.74, 6) is -0.190. The lowest BCUT2D eigenvalue weighted by molar-refractivity contribution is 0.102.